The van der Waals surface area contributed by atoms with Gasteiger partial charge in [0.05, 0.1) is 6.04 Å². The zero-order valence-corrected chi connectivity index (χ0v) is 13.3. The van der Waals surface area contributed by atoms with Crippen LogP contribution in [0, 0.1) is 11.8 Å². The molecule has 2 amide bonds. The molecule has 7 nitrogen and oxygen atoms in total. The summed E-state index contributed by atoms with van der Waals surface area (Å²) < 4.78 is 0. The molecular weight excluding hydrogens is 274 g/mol. The van der Waals surface area contributed by atoms with Crippen molar-refractivity contribution >= 4 is 17.8 Å². The molecule has 7 heteroatoms. The minimum absolute atomic E-state index is 0.127. The molecule has 0 spiro atoms. The predicted octanol–water partition coefficient (Wildman–Crippen LogP) is 0.0899. The Bertz CT molecular complexity index is 380. The largest absolute Gasteiger partial charge is 0.480 e. The second-order valence-electron chi connectivity index (χ2n) is 6.05. The minimum atomic E-state index is -1.09. The van der Waals surface area contributed by atoms with E-state index in [1.54, 1.807) is 13.8 Å². The van der Waals surface area contributed by atoms with Crippen LogP contribution < -0.4 is 16.4 Å². The first kappa shape index (κ1) is 19.4. The molecule has 0 rings (SSSR count). The number of carbonyl (C=O) groups is 3. The van der Waals surface area contributed by atoms with Crippen LogP contribution in [0.15, 0.2) is 0 Å². The van der Waals surface area contributed by atoms with Crippen LogP contribution in [0.4, 0.5) is 0 Å². The quantitative estimate of drug-likeness (QED) is 0.506. The molecule has 0 bridgehead atoms. The molecule has 0 unspecified atom stereocenters. The van der Waals surface area contributed by atoms with Crippen LogP contribution in [0.3, 0.4) is 0 Å². The van der Waals surface area contributed by atoms with E-state index in [1.165, 1.54) is 6.92 Å². The van der Waals surface area contributed by atoms with Gasteiger partial charge in [0.15, 0.2) is 0 Å². The summed E-state index contributed by atoms with van der Waals surface area (Å²) in [4.78, 5) is 35.0. The van der Waals surface area contributed by atoms with Crippen LogP contribution in [0.1, 0.15) is 41.0 Å². The maximum atomic E-state index is 12.2. The topological polar surface area (TPSA) is 122 Å². The lowest BCUT2D eigenvalue weighted by Crippen LogP contribution is -2.56. The highest BCUT2D eigenvalue weighted by molar-refractivity contribution is 5.91. The van der Waals surface area contributed by atoms with Gasteiger partial charge in [-0.1, -0.05) is 27.7 Å². The van der Waals surface area contributed by atoms with Gasteiger partial charge in [0.1, 0.15) is 12.1 Å². The summed E-state index contributed by atoms with van der Waals surface area (Å²) >= 11 is 0. The highest BCUT2D eigenvalue weighted by Crippen LogP contribution is 2.08. The van der Waals surface area contributed by atoms with Crippen molar-refractivity contribution in [3.63, 3.8) is 0 Å². The molecule has 0 aromatic carbocycles. The van der Waals surface area contributed by atoms with Crippen molar-refractivity contribution in [2.45, 2.75) is 59.2 Å². The summed E-state index contributed by atoms with van der Waals surface area (Å²) in [5, 5.41) is 14.2. The number of hydrogen-bond donors (Lipinski definition) is 4. The fourth-order valence-electron chi connectivity index (χ4n) is 1.77. The van der Waals surface area contributed by atoms with E-state index in [0.717, 1.165) is 0 Å². The normalized spacial score (nSPS) is 15.4. The van der Waals surface area contributed by atoms with Gasteiger partial charge in [-0.2, -0.15) is 0 Å². The molecule has 0 aliphatic rings. The molecule has 0 saturated heterocycles. The summed E-state index contributed by atoms with van der Waals surface area (Å²) in [6.07, 6.45) is 0.327. The van der Waals surface area contributed by atoms with Crippen molar-refractivity contribution in [2.24, 2.45) is 17.6 Å². The maximum absolute atomic E-state index is 12.2. The van der Waals surface area contributed by atoms with Gasteiger partial charge in [0, 0.05) is 0 Å². The number of nitrogens with one attached hydrogen (secondary N) is 2. The van der Waals surface area contributed by atoms with Crippen molar-refractivity contribution in [3.05, 3.63) is 0 Å². The van der Waals surface area contributed by atoms with E-state index in [4.69, 9.17) is 10.8 Å². The van der Waals surface area contributed by atoms with E-state index in [2.05, 4.69) is 10.6 Å². The van der Waals surface area contributed by atoms with Gasteiger partial charge in [-0.25, -0.2) is 4.79 Å². The summed E-state index contributed by atoms with van der Waals surface area (Å²) in [7, 11) is 0. The lowest BCUT2D eigenvalue weighted by atomic mass is 10.00. The van der Waals surface area contributed by atoms with Gasteiger partial charge in [-0.3, -0.25) is 9.59 Å². The van der Waals surface area contributed by atoms with E-state index in [0.29, 0.717) is 6.42 Å². The molecule has 0 aliphatic heterocycles. The highest BCUT2D eigenvalue weighted by atomic mass is 16.4. The number of rotatable bonds is 8. The predicted molar refractivity (Wildman–Crippen MR) is 79.4 cm³/mol. The first-order chi connectivity index (χ1) is 9.56. The van der Waals surface area contributed by atoms with Gasteiger partial charge >= 0.3 is 5.97 Å². The van der Waals surface area contributed by atoms with Crippen molar-refractivity contribution in [3.8, 4) is 0 Å². The first-order valence-corrected chi connectivity index (χ1v) is 7.15. The maximum Gasteiger partial charge on any atom is 0.326 e. The number of carboxylic acids is 1. The van der Waals surface area contributed by atoms with Crippen LogP contribution in [0.25, 0.3) is 0 Å². The summed E-state index contributed by atoms with van der Waals surface area (Å²) in [5.41, 5.74) is 5.46. The molecule has 0 saturated carbocycles. The Hall–Kier alpha value is -1.63. The van der Waals surface area contributed by atoms with Crippen molar-refractivity contribution < 1.29 is 19.5 Å². The number of carboxylic acid groups (broad SMARTS) is 1. The smallest absolute Gasteiger partial charge is 0.326 e. The van der Waals surface area contributed by atoms with Crippen LogP contribution in [-0.2, 0) is 14.4 Å². The highest BCUT2D eigenvalue weighted by Gasteiger charge is 2.29. The van der Waals surface area contributed by atoms with Gasteiger partial charge in [-0.05, 0) is 25.2 Å². The monoisotopic (exact) mass is 301 g/mol. The molecule has 0 radical (unpaired) electrons. The van der Waals surface area contributed by atoms with Gasteiger partial charge < -0.3 is 21.5 Å². The molecule has 0 aromatic heterocycles. The van der Waals surface area contributed by atoms with E-state index >= 15 is 0 Å². The number of carbonyl (C=O) groups excluding carboxylic acids is 2. The summed E-state index contributed by atoms with van der Waals surface area (Å²) in [6, 6.07) is -2.51. The van der Waals surface area contributed by atoms with Crippen molar-refractivity contribution in [1.82, 2.24) is 10.6 Å². The first-order valence-electron chi connectivity index (χ1n) is 7.15. The fourth-order valence-corrected chi connectivity index (χ4v) is 1.77. The Morgan fingerprint density at radius 3 is 1.86 bits per heavy atom. The molecule has 5 N–H and O–H groups in total. The standard InChI is InChI=1S/C14H27N3O4/c1-7(2)6-10(14(20)21)16-13(19)11(8(3)4)17-12(18)9(5)15/h7-11H,6,15H2,1-5H3,(H,16,19)(H,17,18)(H,20,21)/t9-,10+,11+/m1/s1. The van der Waals surface area contributed by atoms with Crippen LogP contribution in [0.2, 0.25) is 0 Å². The molecule has 21 heavy (non-hydrogen) atoms. The van der Waals surface area contributed by atoms with E-state index in [-0.39, 0.29) is 11.8 Å². The molecule has 3 atom stereocenters. The Labute approximate surface area is 125 Å². The van der Waals surface area contributed by atoms with Crippen molar-refractivity contribution in [1.29, 1.82) is 0 Å². The molecule has 0 fully saturated rings. The SMILES string of the molecule is CC(C)C[C@H](NC(=O)[C@@H](NC(=O)[C@@H](C)N)C(C)C)C(=O)O. The summed E-state index contributed by atoms with van der Waals surface area (Å²) in [6.45, 7) is 8.80. The zero-order valence-electron chi connectivity index (χ0n) is 13.3. The lowest BCUT2D eigenvalue weighted by molar-refractivity contribution is -0.143. The second-order valence-corrected chi connectivity index (χ2v) is 6.05. The molecule has 0 aliphatic carbocycles. The van der Waals surface area contributed by atoms with E-state index in [9.17, 15) is 14.4 Å². The summed E-state index contributed by atoms with van der Waals surface area (Å²) in [5.74, 6) is -2.09. The second kappa shape index (κ2) is 8.61. The third-order valence-corrected chi connectivity index (χ3v) is 2.98. The van der Waals surface area contributed by atoms with E-state index < -0.39 is 35.9 Å². The van der Waals surface area contributed by atoms with Gasteiger partial charge in [0.2, 0.25) is 11.8 Å². The minimum Gasteiger partial charge on any atom is -0.480 e. The third kappa shape index (κ3) is 7.08. The number of aliphatic carboxylic acids is 1. The number of nitrogens with two attached hydrogens (primary N) is 1. The fraction of sp³-hybridized carbons (Fsp3) is 0.786. The Balaban J connectivity index is 4.88. The van der Waals surface area contributed by atoms with Gasteiger partial charge in [-0.15, -0.1) is 0 Å². The lowest BCUT2D eigenvalue weighted by Gasteiger charge is -2.25. The number of amides is 2. The van der Waals surface area contributed by atoms with Crippen LogP contribution in [0.5, 0.6) is 0 Å². The Kier molecular flexibility index (Phi) is 7.94. The molecular formula is C14H27N3O4. The number of hydrogen-bond acceptors (Lipinski definition) is 4. The van der Waals surface area contributed by atoms with E-state index in [1.807, 2.05) is 13.8 Å². The zero-order chi connectivity index (χ0) is 16.7. The van der Waals surface area contributed by atoms with Crippen LogP contribution in [-0.4, -0.2) is 41.0 Å². The average molecular weight is 301 g/mol. The van der Waals surface area contributed by atoms with Gasteiger partial charge in [0.25, 0.3) is 0 Å². The Morgan fingerprint density at radius 2 is 1.52 bits per heavy atom. The molecule has 122 valence electrons. The molecule has 0 aromatic rings. The average Bonchev–Trinajstić information content (AvgIpc) is 2.33. The van der Waals surface area contributed by atoms with Crippen molar-refractivity contribution in [2.75, 3.05) is 0 Å². The molecule has 0 heterocycles. The van der Waals surface area contributed by atoms with Crippen LogP contribution >= 0.6 is 0 Å². The third-order valence-electron chi connectivity index (χ3n) is 2.98. The Morgan fingerprint density at radius 1 is 1.00 bits per heavy atom.